The monoisotopic (exact) mass is 282 g/mol. The van der Waals surface area contributed by atoms with Gasteiger partial charge in [0.1, 0.15) is 5.75 Å². The molecular weight excluding hydrogens is 273 g/mol. The van der Waals surface area contributed by atoms with Crippen molar-refractivity contribution < 1.29 is 23.1 Å². The highest BCUT2D eigenvalue weighted by Gasteiger charge is 2.30. The third kappa shape index (κ3) is 3.47. The molecule has 0 unspecified atom stereocenters. The number of alkyl halides is 3. The third-order valence-electron chi connectivity index (χ3n) is 2.35. The second kappa shape index (κ2) is 5.60. The predicted molar refractivity (Wildman–Crippen MR) is 65.1 cm³/mol. The van der Waals surface area contributed by atoms with Crippen LogP contribution >= 0.6 is 0 Å². The lowest BCUT2D eigenvalue weighted by molar-refractivity contribution is -0.137. The zero-order chi connectivity index (χ0) is 14.6. The number of ether oxygens (including phenoxy) is 1. The first kappa shape index (κ1) is 13.9. The molecule has 1 aromatic heterocycles. The SMILES string of the molecule is O/N=C/c1ccc(Oc2cccc(C(F)(F)F)c2)nc1. The quantitative estimate of drug-likeness (QED) is 0.530. The van der Waals surface area contributed by atoms with Crippen LogP contribution in [0.3, 0.4) is 0 Å². The van der Waals surface area contributed by atoms with E-state index in [-0.39, 0.29) is 11.6 Å². The fourth-order valence-electron chi connectivity index (χ4n) is 1.45. The molecule has 0 aliphatic rings. The van der Waals surface area contributed by atoms with E-state index in [0.717, 1.165) is 12.1 Å². The van der Waals surface area contributed by atoms with Crippen LogP contribution in [-0.2, 0) is 6.18 Å². The minimum absolute atomic E-state index is 0.0379. The lowest BCUT2D eigenvalue weighted by Gasteiger charge is -2.09. The molecule has 4 nitrogen and oxygen atoms in total. The van der Waals surface area contributed by atoms with E-state index in [0.29, 0.717) is 5.56 Å². The molecule has 0 atom stereocenters. The Morgan fingerprint density at radius 3 is 2.60 bits per heavy atom. The molecule has 1 heterocycles. The van der Waals surface area contributed by atoms with E-state index < -0.39 is 11.7 Å². The number of hydrogen-bond donors (Lipinski definition) is 1. The van der Waals surface area contributed by atoms with Gasteiger partial charge in [0.25, 0.3) is 0 Å². The van der Waals surface area contributed by atoms with E-state index in [9.17, 15) is 13.2 Å². The Labute approximate surface area is 112 Å². The predicted octanol–water partition coefficient (Wildman–Crippen LogP) is 3.70. The van der Waals surface area contributed by atoms with Crippen molar-refractivity contribution in [2.45, 2.75) is 6.18 Å². The molecule has 0 aliphatic heterocycles. The van der Waals surface area contributed by atoms with E-state index in [1.54, 1.807) is 6.07 Å². The molecule has 20 heavy (non-hydrogen) atoms. The summed E-state index contributed by atoms with van der Waals surface area (Å²) in [6, 6.07) is 7.52. The molecular formula is C13H9F3N2O2. The maximum atomic E-state index is 12.5. The second-order valence-electron chi connectivity index (χ2n) is 3.80. The van der Waals surface area contributed by atoms with Gasteiger partial charge in [0, 0.05) is 17.8 Å². The summed E-state index contributed by atoms with van der Waals surface area (Å²) in [5, 5.41) is 11.2. The smallest absolute Gasteiger partial charge is 0.416 e. The van der Waals surface area contributed by atoms with E-state index in [2.05, 4.69) is 10.1 Å². The van der Waals surface area contributed by atoms with E-state index in [1.165, 1.54) is 30.6 Å². The van der Waals surface area contributed by atoms with Gasteiger partial charge in [-0.1, -0.05) is 11.2 Å². The van der Waals surface area contributed by atoms with Gasteiger partial charge >= 0.3 is 6.18 Å². The van der Waals surface area contributed by atoms with Crippen LogP contribution in [0.2, 0.25) is 0 Å². The highest BCUT2D eigenvalue weighted by atomic mass is 19.4. The summed E-state index contributed by atoms with van der Waals surface area (Å²) in [6.45, 7) is 0. The highest BCUT2D eigenvalue weighted by Crippen LogP contribution is 2.32. The average molecular weight is 282 g/mol. The number of halogens is 3. The van der Waals surface area contributed by atoms with Crippen LogP contribution in [0.25, 0.3) is 0 Å². The molecule has 0 radical (unpaired) electrons. The first-order valence-corrected chi connectivity index (χ1v) is 5.47. The van der Waals surface area contributed by atoms with E-state index in [1.807, 2.05) is 0 Å². The minimum atomic E-state index is -4.42. The van der Waals surface area contributed by atoms with Crippen LogP contribution in [-0.4, -0.2) is 16.4 Å². The summed E-state index contributed by atoms with van der Waals surface area (Å²) in [5.41, 5.74) is -0.261. The normalized spacial score (nSPS) is 11.8. The minimum Gasteiger partial charge on any atom is -0.439 e. The topological polar surface area (TPSA) is 54.7 Å². The Balaban J connectivity index is 2.17. The van der Waals surface area contributed by atoms with Crippen molar-refractivity contribution in [2.24, 2.45) is 5.16 Å². The summed E-state index contributed by atoms with van der Waals surface area (Å²) in [6.07, 6.45) is -1.89. The van der Waals surface area contributed by atoms with E-state index in [4.69, 9.17) is 9.94 Å². The van der Waals surface area contributed by atoms with Gasteiger partial charge in [0.2, 0.25) is 5.88 Å². The third-order valence-corrected chi connectivity index (χ3v) is 2.35. The molecule has 0 bridgehead atoms. The Morgan fingerprint density at radius 1 is 1.20 bits per heavy atom. The van der Waals surface area contributed by atoms with Gasteiger partial charge in [0.15, 0.2) is 0 Å². The zero-order valence-corrected chi connectivity index (χ0v) is 10.0. The van der Waals surface area contributed by atoms with Gasteiger partial charge < -0.3 is 9.94 Å². The Hall–Kier alpha value is -2.57. The van der Waals surface area contributed by atoms with Crippen molar-refractivity contribution in [2.75, 3.05) is 0 Å². The van der Waals surface area contributed by atoms with Crippen LogP contribution in [0.5, 0.6) is 11.6 Å². The molecule has 104 valence electrons. The zero-order valence-electron chi connectivity index (χ0n) is 10.0. The van der Waals surface area contributed by atoms with Gasteiger partial charge in [-0.3, -0.25) is 0 Å². The Bertz CT molecular complexity index is 610. The average Bonchev–Trinajstić information content (AvgIpc) is 2.41. The molecule has 7 heteroatoms. The standard InChI is InChI=1S/C13H9F3N2O2/c14-13(15,16)10-2-1-3-11(6-10)20-12-5-4-9(7-17-12)8-18-19/h1-8,19H/b18-8+. The van der Waals surface area contributed by atoms with Crippen molar-refractivity contribution in [3.05, 3.63) is 53.7 Å². The summed E-state index contributed by atoms with van der Waals surface area (Å²) in [5.74, 6) is 0.176. The summed E-state index contributed by atoms with van der Waals surface area (Å²) < 4.78 is 42.8. The van der Waals surface area contributed by atoms with Crippen molar-refractivity contribution in [1.82, 2.24) is 4.98 Å². The van der Waals surface area contributed by atoms with Crippen molar-refractivity contribution in [3.63, 3.8) is 0 Å². The molecule has 0 saturated heterocycles. The summed E-state index contributed by atoms with van der Waals surface area (Å²) in [4.78, 5) is 3.88. The number of oxime groups is 1. The number of aromatic nitrogens is 1. The van der Waals surface area contributed by atoms with Crippen molar-refractivity contribution in [1.29, 1.82) is 0 Å². The van der Waals surface area contributed by atoms with Crippen LogP contribution in [0, 0.1) is 0 Å². The molecule has 0 fully saturated rings. The molecule has 2 aromatic rings. The van der Waals surface area contributed by atoms with E-state index >= 15 is 0 Å². The molecule has 1 N–H and O–H groups in total. The second-order valence-corrected chi connectivity index (χ2v) is 3.80. The number of rotatable bonds is 3. The van der Waals surface area contributed by atoms with Crippen molar-refractivity contribution >= 4 is 6.21 Å². The summed E-state index contributed by atoms with van der Waals surface area (Å²) in [7, 11) is 0. The molecule has 0 amide bonds. The van der Waals surface area contributed by atoms with Gasteiger partial charge in [-0.25, -0.2) is 4.98 Å². The van der Waals surface area contributed by atoms with Gasteiger partial charge in [-0.15, -0.1) is 0 Å². The maximum absolute atomic E-state index is 12.5. The van der Waals surface area contributed by atoms with Crippen LogP contribution in [0.1, 0.15) is 11.1 Å². The molecule has 1 aromatic carbocycles. The van der Waals surface area contributed by atoms with Crippen LogP contribution < -0.4 is 4.74 Å². The van der Waals surface area contributed by atoms with Crippen molar-refractivity contribution in [3.8, 4) is 11.6 Å². The van der Waals surface area contributed by atoms with Gasteiger partial charge in [-0.2, -0.15) is 13.2 Å². The highest BCUT2D eigenvalue weighted by molar-refractivity contribution is 5.78. The molecule has 0 aliphatic carbocycles. The maximum Gasteiger partial charge on any atom is 0.416 e. The largest absolute Gasteiger partial charge is 0.439 e. The van der Waals surface area contributed by atoms with Crippen LogP contribution in [0.4, 0.5) is 13.2 Å². The molecule has 0 spiro atoms. The van der Waals surface area contributed by atoms with Gasteiger partial charge in [0.05, 0.1) is 11.8 Å². The fourth-order valence-corrected chi connectivity index (χ4v) is 1.45. The number of nitrogens with zero attached hydrogens (tertiary/aromatic N) is 2. The number of pyridine rings is 1. The first-order chi connectivity index (χ1) is 9.49. The Morgan fingerprint density at radius 2 is 2.00 bits per heavy atom. The first-order valence-electron chi connectivity index (χ1n) is 5.47. The number of hydrogen-bond acceptors (Lipinski definition) is 4. The lowest BCUT2D eigenvalue weighted by Crippen LogP contribution is -2.04. The lowest BCUT2D eigenvalue weighted by atomic mass is 10.2. The fraction of sp³-hybridized carbons (Fsp3) is 0.0769. The Kier molecular flexibility index (Phi) is 3.88. The number of benzene rings is 1. The molecule has 0 saturated carbocycles. The summed E-state index contributed by atoms with van der Waals surface area (Å²) >= 11 is 0. The van der Waals surface area contributed by atoms with Gasteiger partial charge in [-0.05, 0) is 24.3 Å². The van der Waals surface area contributed by atoms with Crippen LogP contribution in [0.15, 0.2) is 47.8 Å². The molecule has 2 rings (SSSR count).